The molecule has 1 fully saturated rings. The summed E-state index contributed by atoms with van der Waals surface area (Å²) in [6, 6.07) is -1.31. The van der Waals surface area contributed by atoms with Crippen molar-refractivity contribution in [3.63, 3.8) is 0 Å². The number of esters is 1. The topological polar surface area (TPSA) is 180 Å². The second-order valence-electron chi connectivity index (χ2n) is 4.33. The third-order valence-electron chi connectivity index (χ3n) is 2.80. The number of carbonyl (C=O) groups excluding carboxylic acids is 1. The Hall–Kier alpha value is -1.30. The zero-order valence-electron chi connectivity index (χ0n) is 10.3. The molecule has 0 radical (unpaired) electrons. The molecule has 1 unspecified atom stereocenters. The summed E-state index contributed by atoms with van der Waals surface area (Å²) < 4.78 is 9.61. The highest BCUT2D eigenvalue weighted by Crippen LogP contribution is 2.21. The molecule has 6 atom stereocenters. The molecule has 0 aliphatic carbocycles. The summed E-state index contributed by atoms with van der Waals surface area (Å²) in [5.41, 5.74) is 5.49. The van der Waals surface area contributed by atoms with Crippen LogP contribution in [-0.2, 0) is 19.1 Å². The summed E-state index contributed by atoms with van der Waals surface area (Å²) in [5, 5.41) is 45.7. The monoisotopic (exact) mass is 295 g/mol. The Morgan fingerprint density at radius 1 is 1.30 bits per heavy atom. The first kappa shape index (κ1) is 16.8. The van der Waals surface area contributed by atoms with Crippen molar-refractivity contribution in [2.75, 3.05) is 6.61 Å². The summed E-state index contributed by atoms with van der Waals surface area (Å²) in [7, 11) is 0. The molecule has 0 aromatic rings. The van der Waals surface area contributed by atoms with Crippen molar-refractivity contribution in [2.24, 2.45) is 5.73 Å². The van der Waals surface area contributed by atoms with Gasteiger partial charge < -0.3 is 40.7 Å². The smallest absolute Gasteiger partial charge is 0.337 e. The first-order valence-corrected chi connectivity index (χ1v) is 5.76. The van der Waals surface area contributed by atoms with Crippen LogP contribution in [0.3, 0.4) is 0 Å². The van der Waals surface area contributed by atoms with E-state index in [2.05, 4.69) is 4.74 Å². The summed E-state index contributed by atoms with van der Waals surface area (Å²) >= 11 is 0. The average molecular weight is 295 g/mol. The van der Waals surface area contributed by atoms with Crippen LogP contribution in [0.2, 0.25) is 0 Å². The maximum Gasteiger partial charge on any atom is 0.337 e. The van der Waals surface area contributed by atoms with Crippen molar-refractivity contribution in [3.05, 3.63) is 0 Å². The average Bonchev–Trinajstić information content (AvgIpc) is 2.38. The molecule has 1 rings (SSSR count). The van der Waals surface area contributed by atoms with Gasteiger partial charge in [-0.25, -0.2) is 4.79 Å². The van der Waals surface area contributed by atoms with E-state index >= 15 is 0 Å². The Bertz CT molecular complexity index is 361. The summed E-state index contributed by atoms with van der Waals surface area (Å²) in [6.45, 7) is -0.656. The summed E-state index contributed by atoms with van der Waals surface area (Å²) in [6.07, 6.45) is -8.51. The maximum absolute atomic E-state index is 11.4. The molecule has 10 heteroatoms. The largest absolute Gasteiger partial charge is 0.481 e. The van der Waals surface area contributed by atoms with Crippen LogP contribution < -0.4 is 5.73 Å². The van der Waals surface area contributed by atoms with Gasteiger partial charge in [-0.05, 0) is 0 Å². The van der Waals surface area contributed by atoms with Gasteiger partial charge in [-0.3, -0.25) is 4.79 Å². The number of aliphatic hydroxyl groups is 4. The number of hydrogen-bond acceptors (Lipinski definition) is 9. The first-order valence-electron chi connectivity index (χ1n) is 5.76. The maximum atomic E-state index is 11.4. The van der Waals surface area contributed by atoms with E-state index in [0.717, 1.165) is 0 Å². The molecule has 0 spiro atoms. The van der Waals surface area contributed by atoms with Gasteiger partial charge in [0.2, 0.25) is 6.29 Å². The number of nitrogens with two attached hydrogens (primary N) is 1. The van der Waals surface area contributed by atoms with E-state index in [1.165, 1.54) is 0 Å². The molecule has 0 aromatic heterocycles. The molecule has 0 saturated carbocycles. The zero-order chi connectivity index (χ0) is 15.4. The number of ether oxygens (including phenoxy) is 2. The first-order chi connectivity index (χ1) is 9.27. The van der Waals surface area contributed by atoms with Crippen molar-refractivity contribution in [3.8, 4) is 0 Å². The lowest BCUT2D eigenvalue weighted by Crippen LogP contribution is -2.63. The molecular weight excluding hydrogens is 278 g/mol. The van der Waals surface area contributed by atoms with Crippen LogP contribution in [-0.4, -0.2) is 80.8 Å². The van der Waals surface area contributed by atoms with Gasteiger partial charge in [0, 0.05) is 0 Å². The van der Waals surface area contributed by atoms with Gasteiger partial charge in [-0.15, -0.1) is 0 Å². The minimum Gasteiger partial charge on any atom is -0.481 e. The Morgan fingerprint density at radius 2 is 1.90 bits per heavy atom. The third-order valence-corrected chi connectivity index (χ3v) is 2.80. The van der Waals surface area contributed by atoms with Crippen LogP contribution >= 0.6 is 0 Å². The molecule has 1 saturated heterocycles. The molecule has 0 bridgehead atoms. The fourth-order valence-corrected chi connectivity index (χ4v) is 1.65. The van der Waals surface area contributed by atoms with Crippen molar-refractivity contribution >= 4 is 11.9 Å². The van der Waals surface area contributed by atoms with Crippen molar-refractivity contribution in [1.29, 1.82) is 0 Å². The lowest BCUT2D eigenvalue weighted by molar-refractivity contribution is -0.262. The Balaban J connectivity index is 2.66. The van der Waals surface area contributed by atoms with E-state index in [4.69, 9.17) is 20.7 Å². The van der Waals surface area contributed by atoms with Crippen LogP contribution in [0, 0.1) is 0 Å². The highest BCUT2D eigenvalue weighted by atomic mass is 16.7. The van der Waals surface area contributed by atoms with Gasteiger partial charge in [0.05, 0.1) is 19.1 Å². The Kier molecular flexibility index (Phi) is 5.80. The van der Waals surface area contributed by atoms with Crippen LogP contribution in [0.1, 0.15) is 6.42 Å². The second kappa shape index (κ2) is 6.92. The third kappa shape index (κ3) is 3.85. The molecule has 1 aliphatic rings. The van der Waals surface area contributed by atoms with Crippen molar-refractivity contribution in [2.45, 2.75) is 43.2 Å². The van der Waals surface area contributed by atoms with Gasteiger partial charge in [-0.2, -0.15) is 0 Å². The van der Waals surface area contributed by atoms with E-state index in [0.29, 0.717) is 0 Å². The minimum absolute atomic E-state index is 0.656. The molecule has 1 aliphatic heterocycles. The Morgan fingerprint density at radius 3 is 2.40 bits per heavy atom. The molecular formula is C10H17NO9. The fraction of sp³-hybridized carbons (Fsp3) is 0.800. The molecule has 0 amide bonds. The van der Waals surface area contributed by atoms with Gasteiger partial charge in [0.1, 0.15) is 18.3 Å². The minimum atomic E-state index is -1.92. The van der Waals surface area contributed by atoms with E-state index in [-0.39, 0.29) is 0 Å². The second-order valence-corrected chi connectivity index (χ2v) is 4.33. The van der Waals surface area contributed by atoms with E-state index < -0.39 is 61.7 Å². The number of aliphatic carboxylic acids is 1. The van der Waals surface area contributed by atoms with Crippen molar-refractivity contribution < 1.29 is 44.6 Å². The number of aliphatic hydroxyl groups excluding tert-OH is 4. The van der Waals surface area contributed by atoms with Crippen LogP contribution in [0.15, 0.2) is 0 Å². The number of hydrogen-bond donors (Lipinski definition) is 6. The van der Waals surface area contributed by atoms with Gasteiger partial charge in [0.15, 0.2) is 6.10 Å². The van der Waals surface area contributed by atoms with Gasteiger partial charge in [-0.1, -0.05) is 0 Å². The molecule has 20 heavy (non-hydrogen) atoms. The Labute approximate surface area is 113 Å². The SMILES string of the molecule is N[C@H]1[C@@H](OC(=O)C(O)CC(=O)O)O[C@H](CO)[C@@H](O)[C@@H]1O. The van der Waals surface area contributed by atoms with E-state index in [1.807, 2.05) is 0 Å². The van der Waals surface area contributed by atoms with Crippen LogP contribution in [0.25, 0.3) is 0 Å². The standard InChI is InChI=1S/C10H17NO9/c11-6-8(17)7(16)4(2-12)19-10(6)20-9(18)3(13)1-5(14)15/h3-4,6-8,10,12-13,16-17H,1-2,11H2,(H,14,15)/t3?,4-,6-,7-,8-,10-/m1/s1. The lowest BCUT2D eigenvalue weighted by atomic mass is 9.98. The van der Waals surface area contributed by atoms with E-state index in [1.54, 1.807) is 0 Å². The number of carboxylic acids is 1. The highest BCUT2D eigenvalue weighted by Gasteiger charge is 2.44. The van der Waals surface area contributed by atoms with Crippen molar-refractivity contribution in [1.82, 2.24) is 0 Å². The predicted octanol–water partition coefficient (Wildman–Crippen LogP) is -3.87. The summed E-state index contributed by atoms with van der Waals surface area (Å²) in [4.78, 5) is 21.7. The summed E-state index contributed by atoms with van der Waals surface area (Å²) in [5.74, 6) is -2.71. The molecule has 1 heterocycles. The number of carbonyl (C=O) groups is 2. The van der Waals surface area contributed by atoms with Gasteiger partial charge in [0.25, 0.3) is 0 Å². The van der Waals surface area contributed by atoms with Crippen LogP contribution in [0.5, 0.6) is 0 Å². The molecule has 7 N–H and O–H groups in total. The van der Waals surface area contributed by atoms with Crippen LogP contribution in [0.4, 0.5) is 0 Å². The lowest BCUT2D eigenvalue weighted by Gasteiger charge is -2.40. The number of rotatable bonds is 5. The highest BCUT2D eigenvalue weighted by molar-refractivity contribution is 5.80. The normalized spacial score (nSPS) is 35.4. The molecule has 10 nitrogen and oxygen atoms in total. The predicted molar refractivity (Wildman–Crippen MR) is 60.1 cm³/mol. The van der Waals surface area contributed by atoms with E-state index in [9.17, 15) is 24.9 Å². The fourth-order valence-electron chi connectivity index (χ4n) is 1.65. The zero-order valence-corrected chi connectivity index (χ0v) is 10.3. The quantitative estimate of drug-likeness (QED) is 0.275. The molecule has 116 valence electrons. The molecule has 0 aromatic carbocycles. The van der Waals surface area contributed by atoms with Gasteiger partial charge >= 0.3 is 11.9 Å². The number of carboxylic acid groups (broad SMARTS) is 1.